The number of nitrogens with zero attached hydrogens (tertiary/aromatic N) is 3. The fraction of sp³-hybridized carbons (Fsp3) is 0.375. The van der Waals surface area contributed by atoms with E-state index in [-0.39, 0.29) is 6.79 Å². The average Bonchev–Trinajstić information content (AvgIpc) is 2.87. The van der Waals surface area contributed by atoms with Gasteiger partial charge in [-0.1, -0.05) is 0 Å². The van der Waals surface area contributed by atoms with Crippen LogP contribution in [0.1, 0.15) is 6.42 Å². The lowest BCUT2D eigenvalue weighted by Crippen LogP contribution is -2.28. The summed E-state index contributed by atoms with van der Waals surface area (Å²) < 4.78 is 10.7. The van der Waals surface area contributed by atoms with Crippen LogP contribution < -0.4 is 19.7 Å². The van der Waals surface area contributed by atoms with Gasteiger partial charge in [-0.05, 0) is 43.3 Å². The van der Waals surface area contributed by atoms with Crippen molar-refractivity contribution in [2.24, 2.45) is 0 Å². The highest BCUT2D eigenvalue weighted by Crippen LogP contribution is 2.35. The molecule has 6 nitrogen and oxygen atoms in total. The molecule has 0 bridgehead atoms. The molecule has 2 aliphatic heterocycles. The van der Waals surface area contributed by atoms with E-state index >= 15 is 0 Å². The summed E-state index contributed by atoms with van der Waals surface area (Å²) >= 11 is 0. The molecule has 1 saturated heterocycles. The third-order valence-electron chi connectivity index (χ3n) is 3.98. The van der Waals surface area contributed by atoms with Gasteiger partial charge >= 0.3 is 0 Å². The Hall–Kier alpha value is -2.34. The monoisotopic (exact) mass is 298 g/mol. The minimum absolute atomic E-state index is 0.284. The molecule has 22 heavy (non-hydrogen) atoms. The maximum atomic E-state index is 5.41. The van der Waals surface area contributed by atoms with Crippen molar-refractivity contribution in [1.29, 1.82) is 0 Å². The fourth-order valence-corrected chi connectivity index (χ4v) is 2.78. The summed E-state index contributed by atoms with van der Waals surface area (Å²) in [5.41, 5.74) is 1.83. The first-order chi connectivity index (χ1) is 10.9. The summed E-state index contributed by atoms with van der Waals surface area (Å²) in [6.45, 7) is 4.33. The number of hydrogen-bond acceptors (Lipinski definition) is 6. The molecule has 6 heteroatoms. The van der Waals surface area contributed by atoms with Crippen molar-refractivity contribution in [2.45, 2.75) is 6.42 Å². The first kappa shape index (κ1) is 13.3. The number of hydrogen-bond donors (Lipinski definition) is 1. The Balaban J connectivity index is 1.56. The molecule has 3 heterocycles. The van der Waals surface area contributed by atoms with Crippen molar-refractivity contribution >= 4 is 5.82 Å². The van der Waals surface area contributed by atoms with Crippen LogP contribution in [0.5, 0.6) is 11.5 Å². The zero-order chi connectivity index (χ0) is 14.8. The molecular formula is C16H18N4O2. The standard InChI is InChI=1S/C16H18N4O2/c1-6-17-7-9-20(8-1)16-5-3-13(18-19-16)12-2-4-14-15(10-12)22-11-21-14/h2-5,10,17H,1,6-9,11H2. The number of rotatable bonds is 2. The molecule has 0 spiro atoms. The zero-order valence-corrected chi connectivity index (χ0v) is 12.3. The quantitative estimate of drug-likeness (QED) is 0.910. The number of aromatic nitrogens is 2. The lowest BCUT2D eigenvalue weighted by molar-refractivity contribution is 0.174. The van der Waals surface area contributed by atoms with Gasteiger partial charge in [-0.15, -0.1) is 10.2 Å². The van der Waals surface area contributed by atoms with Crippen LogP contribution in [-0.4, -0.2) is 43.2 Å². The Labute approximate surface area is 129 Å². The van der Waals surface area contributed by atoms with E-state index in [0.717, 1.165) is 61.2 Å². The number of ether oxygens (including phenoxy) is 2. The molecule has 1 fully saturated rings. The predicted octanol–water partition coefficient (Wildman–Crippen LogP) is 1.67. The Morgan fingerprint density at radius 1 is 0.955 bits per heavy atom. The first-order valence-corrected chi connectivity index (χ1v) is 7.59. The molecule has 1 N–H and O–H groups in total. The molecule has 0 saturated carbocycles. The zero-order valence-electron chi connectivity index (χ0n) is 12.3. The van der Waals surface area contributed by atoms with Gasteiger partial charge in [0, 0.05) is 25.2 Å². The van der Waals surface area contributed by atoms with Crippen molar-refractivity contribution in [2.75, 3.05) is 37.9 Å². The van der Waals surface area contributed by atoms with E-state index in [1.165, 1.54) is 0 Å². The molecule has 2 aromatic rings. The van der Waals surface area contributed by atoms with Gasteiger partial charge in [-0.2, -0.15) is 0 Å². The van der Waals surface area contributed by atoms with Crippen molar-refractivity contribution in [3.63, 3.8) is 0 Å². The summed E-state index contributed by atoms with van der Waals surface area (Å²) in [5, 5.41) is 12.2. The van der Waals surface area contributed by atoms with Crippen molar-refractivity contribution in [1.82, 2.24) is 15.5 Å². The number of benzene rings is 1. The molecule has 2 aliphatic rings. The molecule has 114 valence electrons. The molecular weight excluding hydrogens is 280 g/mol. The third kappa shape index (κ3) is 2.57. The third-order valence-corrected chi connectivity index (χ3v) is 3.98. The SMILES string of the molecule is c1cc2c(cc1-c1ccc(N3CCCNCC3)nn1)OCO2. The smallest absolute Gasteiger partial charge is 0.231 e. The first-order valence-electron chi connectivity index (χ1n) is 7.59. The molecule has 0 unspecified atom stereocenters. The second kappa shape index (κ2) is 5.81. The molecule has 0 radical (unpaired) electrons. The van der Waals surface area contributed by atoms with Crippen molar-refractivity contribution in [3.05, 3.63) is 30.3 Å². The maximum absolute atomic E-state index is 5.41. The van der Waals surface area contributed by atoms with Crippen LogP contribution in [0, 0.1) is 0 Å². The van der Waals surface area contributed by atoms with Gasteiger partial charge in [0.05, 0.1) is 5.69 Å². The van der Waals surface area contributed by atoms with E-state index in [4.69, 9.17) is 9.47 Å². The van der Waals surface area contributed by atoms with Crippen LogP contribution in [-0.2, 0) is 0 Å². The van der Waals surface area contributed by atoms with Gasteiger partial charge in [-0.25, -0.2) is 0 Å². The van der Waals surface area contributed by atoms with Gasteiger partial charge < -0.3 is 19.7 Å². The average molecular weight is 298 g/mol. The lowest BCUT2D eigenvalue weighted by Gasteiger charge is -2.20. The Bertz CT molecular complexity index is 652. The van der Waals surface area contributed by atoms with E-state index in [1.807, 2.05) is 30.3 Å². The Morgan fingerprint density at radius 2 is 1.91 bits per heavy atom. The molecule has 0 aliphatic carbocycles. The Morgan fingerprint density at radius 3 is 2.82 bits per heavy atom. The molecule has 0 atom stereocenters. The van der Waals surface area contributed by atoms with Crippen LogP contribution in [0.2, 0.25) is 0 Å². The van der Waals surface area contributed by atoms with E-state index in [9.17, 15) is 0 Å². The predicted molar refractivity (Wildman–Crippen MR) is 83.3 cm³/mol. The van der Waals surface area contributed by atoms with Crippen molar-refractivity contribution in [3.8, 4) is 22.8 Å². The summed E-state index contributed by atoms with van der Waals surface area (Å²) in [6.07, 6.45) is 1.13. The number of fused-ring (bicyclic) bond motifs is 1. The molecule has 4 rings (SSSR count). The fourth-order valence-electron chi connectivity index (χ4n) is 2.78. The second-order valence-electron chi connectivity index (χ2n) is 5.44. The normalized spacial score (nSPS) is 17.4. The molecule has 1 aromatic heterocycles. The second-order valence-corrected chi connectivity index (χ2v) is 5.44. The largest absolute Gasteiger partial charge is 0.454 e. The van der Waals surface area contributed by atoms with Crippen LogP contribution >= 0.6 is 0 Å². The van der Waals surface area contributed by atoms with E-state index in [1.54, 1.807) is 0 Å². The summed E-state index contributed by atoms with van der Waals surface area (Å²) in [7, 11) is 0. The molecule has 0 amide bonds. The summed E-state index contributed by atoms with van der Waals surface area (Å²) in [5.74, 6) is 2.49. The lowest BCUT2D eigenvalue weighted by atomic mass is 10.1. The summed E-state index contributed by atoms with van der Waals surface area (Å²) in [4.78, 5) is 2.27. The van der Waals surface area contributed by atoms with Crippen LogP contribution in [0.4, 0.5) is 5.82 Å². The van der Waals surface area contributed by atoms with E-state index < -0.39 is 0 Å². The Kier molecular flexibility index (Phi) is 3.52. The van der Waals surface area contributed by atoms with Gasteiger partial charge in [-0.3, -0.25) is 0 Å². The maximum Gasteiger partial charge on any atom is 0.231 e. The minimum Gasteiger partial charge on any atom is -0.454 e. The molecule has 1 aromatic carbocycles. The van der Waals surface area contributed by atoms with Gasteiger partial charge in [0.2, 0.25) is 6.79 Å². The van der Waals surface area contributed by atoms with Gasteiger partial charge in [0.25, 0.3) is 0 Å². The highest BCUT2D eigenvalue weighted by Gasteiger charge is 2.15. The minimum atomic E-state index is 0.284. The summed E-state index contributed by atoms with van der Waals surface area (Å²) in [6, 6.07) is 9.89. The highest BCUT2D eigenvalue weighted by molar-refractivity contribution is 5.64. The topological polar surface area (TPSA) is 59.5 Å². The highest BCUT2D eigenvalue weighted by atomic mass is 16.7. The van der Waals surface area contributed by atoms with Crippen molar-refractivity contribution < 1.29 is 9.47 Å². The number of nitrogens with one attached hydrogen (secondary N) is 1. The van der Waals surface area contributed by atoms with Crippen LogP contribution in [0.25, 0.3) is 11.3 Å². The van der Waals surface area contributed by atoms with E-state index in [2.05, 4.69) is 20.4 Å². The van der Waals surface area contributed by atoms with Gasteiger partial charge in [0.15, 0.2) is 17.3 Å². The van der Waals surface area contributed by atoms with Crippen LogP contribution in [0.15, 0.2) is 30.3 Å². The van der Waals surface area contributed by atoms with Gasteiger partial charge in [0.1, 0.15) is 0 Å². The van der Waals surface area contributed by atoms with Crippen LogP contribution in [0.3, 0.4) is 0 Å². The number of anilines is 1. The van der Waals surface area contributed by atoms with E-state index in [0.29, 0.717) is 0 Å².